The fourth-order valence-electron chi connectivity index (χ4n) is 7.69. The molecule has 12 N–H and O–H groups in total. The van der Waals surface area contributed by atoms with Crippen LogP contribution in [0, 0.1) is 11.8 Å². The first-order valence-corrected chi connectivity index (χ1v) is 20.7. The summed E-state index contributed by atoms with van der Waals surface area (Å²) in [5.74, 6) is -6.56. The lowest BCUT2D eigenvalue weighted by atomic mass is 9.99. The predicted octanol–water partition coefficient (Wildman–Crippen LogP) is -12.3. The highest BCUT2D eigenvalue weighted by Gasteiger charge is 2.39. The minimum absolute atomic E-state index is 0. The maximum atomic E-state index is 13.6. The molecule has 3 aliphatic rings. The molecule has 24 heteroatoms. The van der Waals surface area contributed by atoms with Crippen molar-refractivity contribution in [2.75, 3.05) is 66.5 Å². The van der Waals surface area contributed by atoms with E-state index >= 15 is 0 Å². The van der Waals surface area contributed by atoms with Gasteiger partial charge in [0, 0.05) is 27.2 Å². The Balaban J connectivity index is 0.00000961. The van der Waals surface area contributed by atoms with Gasteiger partial charge in [-0.25, -0.2) is 0 Å². The maximum absolute atomic E-state index is 13.6. The molecule has 3 saturated heterocycles. The molecule has 0 spiro atoms. The first kappa shape index (κ1) is 55.2. The summed E-state index contributed by atoms with van der Waals surface area (Å²) >= 11 is 0. The lowest BCUT2D eigenvalue weighted by molar-refractivity contribution is -0.403. The molecule has 0 aromatic carbocycles. The van der Waals surface area contributed by atoms with Crippen LogP contribution < -0.4 is 68.2 Å². The number of hydrogen-bond acceptors (Lipinski definition) is 10. The van der Waals surface area contributed by atoms with Gasteiger partial charge in [0.25, 0.3) is 11.8 Å². The zero-order chi connectivity index (χ0) is 44.8. The molecule has 3 aliphatic heterocycles. The molecule has 3 rings (SSSR count). The molecule has 6 atom stereocenters. The quantitative estimate of drug-likeness (QED) is 0.129. The van der Waals surface area contributed by atoms with E-state index in [0.29, 0.717) is 38.5 Å². The minimum Gasteiger partial charge on any atom is -1.00 e. The van der Waals surface area contributed by atoms with E-state index in [2.05, 4.69) is 43.4 Å². The Morgan fingerprint density at radius 2 is 0.823 bits per heavy atom. The van der Waals surface area contributed by atoms with Crippen molar-refractivity contribution in [3.05, 3.63) is 0 Å². The number of likely N-dealkylation sites (N-methyl/N-ethyl adjacent to an activating group) is 2. The number of piperidine rings is 2. The molecule has 0 saturated carbocycles. The van der Waals surface area contributed by atoms with E-state index in [4.69, 9.17) is 0 Å². The number of nitrogens with zero attached hydrogens (tertiary/aromatic N) is 4. The van der Waals surface area contributed by atoms with Crippen LogP contribution in [0.4, 0.5) is 0 Å². The van der Waals surface area contributed by atoms with Gasteiger partial charge >= 0.3 is 0 Å². The van der Waals surface area contributed by atoms with Gasteiger partial charge in [0.1, 0.15) is 24.2 Å². The van der Waals surface area contributed by atoms with Crippen LogP contribution in [0.1, 0.15) is 66.2 Å². The van der Waals surface area contributed by atoms with Crippen molar-refractivity contribution in [2.45, 2.75) is 102 Å². The summed E-state index contributed by atoms with van der Waals surface area (Å²) in [6.07, 6.45) is 3.19. The number of carbonyl (C=O) groups excluding carboxylic acids is 10. The minimum atomic E-state index is -0.999. The number of halogens is 2. The smallest absolute Gasteiger partial charge is 0.283 e. The Labute approximate surface area is 374 Å². The summed E-state index contributed by atoms with van der Waals surface area (Å²) < 4.78 is 0. The molecule has 62 heavy (non-hydrogen) atoms. The van der Waals surface area contributed by atoms with Crippen molar-refractivity contribution in [2.24, 2.45) is 11.8 Å². The molecule has 0 radical (unpaired) electrons. The Morgan fingerprint density at radius 1 is 0.484 bits per heavy atom. The highest BCUT2D eigenvalue weighted by Crippen LogP contribution is 2.20. The molecule has 10 amide bonds. The van der Waals surface area contributed by atoms with E-state index in [0.717, 1.165) is 0 Å². The van der Waals surface area contributed by atoms with Crippen LogP contribution in [0.15, 0.2) is 0 Å². The van der Waals surface area contributed by atoms with Gasteiger partial charge in [-0.05, 0) is 50.4 Å². The van der Waals surface area contributed by atoms with Crippen LogP contribution in [0.25, 0.3) is 0 Å². The molecule has 0 unspecified atom stereocenters. The van der Waals surface area contributed by atoms with Gasteiger partial charge in [-0.1, -0.05) is 27.7 Å². The molecule has 22 nitrogen and oxygen atoms in total. The number of amides is 10. The van der Waals surface area contributed by atoms with E-state index in [1.54, 1.807) is 27.7 Å². The molecule has 0 aromatic heterocycles. The van der Waals surface area contributed by atoms with Gasteiger partial charge in [0.05, 0.1) is 39.3 Å². The number of hydrogen-bond donors (Lipinski definition) is 8. The summed E-state index contributed by atoms with van der Waals surface area (Å²) in [6.45, 7) is 5.07. The molecule has 3 fully saturated rings. The molecule has 0 bridgehead atoms. The van der Waals surface area contributed by atoms with Crippen LogP contribution in [0.5, 0.6) is 0 Å². The number of nitrogens with one attached hydrogen (secondary N) is 6. The van der Waals surface area contributed by atoms with Crippen molar-refractivity contribution < 1.29 is 84.2 Å². The number of quaternary nitrogens is 2. The summed E-state index contributed by atoms with van der Waals surface area (Å²) in [5, 5.41) is 15.3. The fraction of sp³-hybridized carbons (Fsp3) is 0.737. The Kier molecular flexibility index (Phi) is 23.1. The normalized spacial score (nSPS) is 27.1. The average Bonchev–Trinajstić information content (AvgIpc) is 3.22. The summed E-state index contributed by atoms with van der Waals surface area (Å²) in [5.41, 5.74) is 7.83. The van der Waals surface area contributed by atoms with Crippen LogP contribution in [0.2, 0.25) is 0 Å². The number of rotatable bonds is 2. The number of fused-ring (bicyclic) bond motifs is 2. The Bertz CT molecular complexity index is 1520. The third-order valence-corrected chi connectivity index (χ3v) is 11.1. The van der Waals surface area contributed by atoms with Crippen molar-refractivity contribution in [3.8, 4) is 0 Å². The van der Waals surface area contributed by atoms with Crippen molar-refractivity contribution in [1.29, 1.82) is 0 Å². The first-order valence-electron chi connectivity index (χ1n) is 20.7. The Morgan fingerprint density at radius 3 is 1.15 bits per heavy atom. The second kappa shape index (κ2) is 26.0. The van der Waals surface area contributed by atoms with Gasteiger partial charge < -0.3 is 87.8 Å². The van der Waals surface area contributed by atoms with Gasteiger partial charge in [0.15, 0.2) is 12.1 Å². The molecule has 0 aromatic rings. The van der Waals surface area contributed by atoms with E-state index in [1.807, 2.05) is 0 Å². The monoisotopic (exact) mass is 920 g/mol. The maximum Gasteiger partial charge on any atom is 0.283 e. The first-order chi connectivity index (χ1) is 28.3. The van der Waals surface area contributed by atoms with Crippen molar-refractivity contribution in [3.63, 3.8) is 0 Å². The van der Waals surface area contributed by atoms with Crippen molar-refractivity contribution >= 4 is 59.1 Å². The fourth-order valence-corrected chi connectivity index (χ4v) is 7.69. The average molecular weight is 922 g/mol. The van der Waals surface area contributed by atoms with Gasteiger partial charge in [-0.15, -0.1) is 0 Å². The highest BCUT2D eigenvalue weighted by molar-refractivity contribution is 5.95. The zero-order valence-electron chi connectivity index (χ0n) is 36.6. The summed E-state index contributed by atoms with van der Waals surface area (Å²) in [7, 11) is 2.82. The number of carbonyl (C=O) groups is 10. The Hall–Kier alpha value is -4.80. The molecular formula is C38H66Cl2N12O10. The van der Waals surface area contributed by atoms with E-state index in [-0.39, 0.29) is 62.8 Å². The van der Waals surface area contributed by atoms with Crippen LogP contribution in [-0.2, 0) is 47.9 Å². The van der Waals surface area contributed by atoms with E-state index in [9.17, 15) is 47.9 Å². The molecule has 0 aliphatic carbocycles. The lowest BCUT2D eigenvalue weighted by Gasteiger charge is -2.35. The highest BCUT2D eigenvalue weighted by atomic mass is 35.5. The molecule has 352 valence electrons. The summed E-state index contributed by atoms with van der Waals surface area (Å²) in [4.78, 5) is 137. The largest absolute Gasteiger partial charge is 1.00 e. The van der Waals surface area contributed by atoms with E-state index in [1.165, 1.54) is 33.7 Å². The lowest BCUT2D eigenvalue weighted by Crippen LogP contribution is -3.00. The third-order valence-electron chi connectivity index (χ3n) is 11.1. The molecular weight excluding hydrogens is 855 g/mol. The van der Waals surface area contributed by atoms with Gasteiger partial charge in [-0.3, -0.25) is 47.9 Å². The van der Waals surface area contributed by atoms with Crippen molar-refractivity contribution in [1.82, 2.24) is 51.5 Å². The van der Waals surface area contributed by atoms with Crippen LogP contribution in [-0.4, -0.2) is 181 Å². The third kappa shape index (κ3) is 15.2. The second-order valence-electron chi connectivity index (χ2n) is 16.3. The predicted molar refractivity (Wildman–Crippen MR) is 213 cm³/mol. The topological polar surface area (TPSA) is 311 Å². The van der Waals surface area contributed by atoms with Crippen LogP contribution >= 0.6 is 0 Å². The van der Waals surface area contributed by atoms with E-state index < -0.39 is 122 Å². The zero-order valence-corrected chi connectivity index (χ0v) is 38.1. The second-order valence-corrected chi connectivity index (χ2v) is 16.3. The summed E-state index contributed by atoms with van der Waals surface area (Å²) in [6, 6.07) is -5.79. The SMILES string of the molecule is CC(C)[C@H]1C(=O)NC[C@@H]([NH3+])C(=O)N2CCCC[C@H]2C(=O)NCC(=O)NCC(=O)N(C)[C@@H](C(C)C)C(=O)NC[C@@H]([NH3+])C(=O)N2CCCC[C@H]2C(=O)NCC(=O)NCC(=O)N1C.[Cl-].[Cl-]. The van der Waals surface area contributed by atoms with Crippen LogP contribution in [0.3, 0.4) is 0 Å². The standard InChI is InChI=1S/C38H64N12O10.2ClH/c1-21(2)31-35(57)43-15-23(39)37(59)49-13-9-7-11-25(49)33(55)46-18-28(52)42-20-30(54)48(6)32(22(3)4)36(58)44-16-24(40)38(60)50-14-10-8-12-26(50)34(56)45-17-27(51)41-19-29(53)47(31)5;;/h21-26,31-32H,7-20,39-40H2,1-6H3,(H,41,51)(H,42,52)(H,43,57)(H,44,58)(H,45,56)(H,46,55);2*1H/t23-,24-,25+,26+,31+,32+;;/m1../s1. The van der Waals surface area contributed by atoms with Gasteiger partial charge in [-0.2, -0.15) is 0 Å². The molecule has 3 heterocycles. The van der Waals surface area contributed by atoms with Gasteiger partial charge in [0.2, 0.25) is 47.3 Å².